The van der Waals surface area contributed by atoms with E-state index >= 15 is 0 Å². The summed E-state index contributed by atoms with van der Waals surface area (Å²) < 4.78 is 44.3. The Balaban J connectivity index is 1.69. The van der Waals surface area contributed by atoms with Gasteiger partial charge in [-0.3, -0.25) is 9.10 Å². The van der Waals surface area contributed by atoms with Gasteiger partial charge < -0.3 is 19.5 Å². The molecule has 0 atom stereocenters. The molecule has 0 bridgehead atoms. The maximum Gasteiger partial charge on any atom is 0.264 e. The Bertz CT molecular complexity index is 1350. The van der Waals surface area contributed by atoms with Crippen LogP contribution in [0, 0.1) is 6.92 Å². The van der Waals surface area contributed by atoms with E-state index in [9.17, 15) is 13.2 Å². The highest BCUT2D eigenvalue weighted by Gasteiger charge is 2.31. The van der Waals surface area contributed by atoms with Crippen LogP contribution in [0.3, 0.4) is 0 Å². The van der Waals surface area contributed by atoms with Gasteiger partial charge in [0.15, 0.2) is 11.5 Å². The highest BCUT2D eigenvalue weighted by Crippen LogP contribution is 2.35. The largest absolute Gasteiger partial charge is 0.496 e. The summed E-state index contributed by atoms with van der Waals surface area (Å²) in [5.41, 5.74) is 2.99. The summed E-state index contributed by atoms with van der Waals surface area (Å²) in [6, 6.07) is 15.1. The Labute approximate surface area is 199 Å². The average molecular weight is 483 g/mol. The zero-order valence-corrected chi connectivity index (χ0v) is 20.2. The van der Waals surface area contributed by atoms with E-state index in [4.69, 9.17) is 14.2 Å². The fourth-order valence-electron chi connectivity index (χ4n) is 4.01. The maximum absolute atomic E-state index is 13.5. The average Bonchev–Trinajstić information content (AvgIpc) is 3.29. The Hall–Kier alpha value is -3.72. The molecule has 3 aromatic carbocycles. The van der Waals surface area contributed by atoms with Crippen LogP contribution in [0.5, 0.6) is 17.2 Å². The summed E-state index contributed by atoms with van der Waals surface area (Å²) in [4.78, 5) is 13.2. The molecule has 4 rings (SSSR count). The first-order valence-electron chi connectivity index (χ1n) is 10.6. The van der Waals surface area contributed by atoms with Gasteiger partial charge in [-0.05, 0) is 54.8 Å². The summed E-state index contributed by atoms with van der Waals surface area (Å²) in [7, 11) is 0.596. The molecule has 1 heterocycles. The van der Waals surface area contributed by atoms with E-state index in [1.807, 2.05) is 25.1 Å². The Morgan fingerprint density at radius 1 is 0.912 bits per heavy atom. The Morgan fingerprint density at radius 3 is 2.29 bits per heavy atom. The van der Waals surface area contributed by atoms with Gasteiger partial charge in [0, 0.05) is 18.3 Å². The Morgan fingerprint density at radius 2 is 1.59 bits per heavy atom. The number of ether oxygens (including phenoxy) is 3. The van der Waals surface area contributed by atoms with Crippen LogP contribution in [0.1, 0.15) is 21.5 Å². The van der Waals surface area contributed by atoms with E-state index in [0.29, 0.717) is 35.8 Å². The lowest BCUT2D eigenvalue weighted by Crippen LogP contribution is -2.29. The number of nitrogens with one attached hydrogen (secondary N) is 1. The second-order valence-corrected chi connectivity index (χ2v) is 9.66. The fourth-order valence-corrected chi connectivity index (χ4v) is 5.54. The van der Waals surface area contributed by atoms with Crippen molar-refractivity contribution in [1.82, 2.24) is 0 Å². The fraction of sp³-hybridized carbons (Fsp3) is 0.240. The number of carbonyl (C=O) groups is 1. The Kier molecular flexibility index (Phi) is 6.39. The van der Waals surface area contributed by atoms with Crippen LogP contribution in [0.4, 0.5) is 11.4 Å². The number of para-hydroxylation sites is 1. The molecule has 1 amide bonds. The van der Waals surface area contributed by atoms with Crippen LogP contribution >= 0.6 is 0 Å². The van der Waals surface area contributed by atoms with Crippen molar-refractivity contribution in [1.29, 1.82) is 0 Å². The van der Waals surface area contributed by atoms with Gasteiger partial charge in [0.25, 0.3) is 15.9 Å². The minimum absolute atomic E-state index is 0.0131. The van der Waals surface area contributed by atoms with Crippen LogP contribution < -0.4 is 23.8 Å². The molecule has 1 aliphatic rings. The van der Waals surface area contributed by atoms with Crippen molar-refractivity contribution in [2.75, 3.05) is 37.5 Å². The molecule has 1 N–H and O–H groups in total. The van der Waals surface area contributed by atoms with Gasteiger partial charge in [-0.1, -0.05) is 18.2 Å². The number of amides is 1. The smallest absolute Gasteiger partial charge is 0.264 e. The number of aryl methyl sites for hydroxylation is 1. The molecule has 0 aromatic heterocycles. The lowest BCUT2D eigenvalue weighted by molar-refractivity contribution is 0.102. The number of carbonyl (C=O) groups excluding carboxylic acids is 1. The van der Waals surface area contributed by atoms with Crippen LogP contribution in [-0.4, -0.2) is 42.2 Å². The predicted octanol–water partition coefficient (Wildman–Crippen LogP) is 4.02. The number of fused-ring (bicyclic) bond motifs is 1. The molecular formula is C25H26N2O6S. The zero-order chi connectivity index (χ0) is 24.5. The molecule has 0 aliphatic carbocycles. The normalized spacial score (nSPS) is 12.8. The van der Waals surface area contributed by atoms with Crippen LogP contribution in [0.25, 0.3) is 0 Å². The highest BCUT2D eigenvalue weighted by molar-refractivity contribution is 7.92. The molecule has 178 valence electrons. The van der Waals surface area contributed by atoms with E-state index in [0.717, 1.165) is 11.1 Å². The third-order valence-corrected chi connectivity index (χ3v) is 7.64. The molecule has 0 saturated carbocycles. The standard InChI is InChI=1S/C25H26N2O6S/c1-16-13-23(32-3)24(33-4)15-20(16)26-25(28)19-14-18(9-10-22(19)31-2)34(29,30)27-12-11-17-7-5-6-8-21(17)27/h5-10,13-15H,11-12H2,1-4H3,(H,26,28). The minimum Gasteiger partial charge on any atom is -0.496 e. The van der Waals surface area contributed by atoms with E-state index in [-0.39, 0.29) is 16.2 Å². The topological polar surface area (TPSA) is 94.2 Å². The molecule has 0 spiro atoms. The number of nitrogens with zero attached hydrogens (tertiary/aromatic N) is 1. The molecule has 8 nitrogen and oxygen atoms in total. The third kappa shape index (κ3) is 4.14. The van der Waals surface area contributed by atoms with Gasteiger partial charge in [0.05, 0.1) is 37.5 Å². The second-order valence-electron chi connectivity index (χ2n) is 7.79. The van der Waals surface area contributed by atoms with Crippen LogP contribution in [-0.2, 0) is 16.4 Å². The van der Waals surface area contributed by atoms with E-state index < -0.39 is 15.9 Å². The summed E-state index contributed by atoms with van der Waals surface area (Å²) in [6.45, 7) is 2.17. The summed E-state index contributed by atoms with van der Waals surface area (Å²) in [5.74, 6) is 0.747. The van der Waals surface area contributed by atoms with Gasteiger partial charge in [-0.2, -0.15) is 0 Å². The molecule has 9 heteroatoms. The van der Waals surface area contributed by atoms with Crippen molar-refractivity contribution in [3.63, 3.8) is 0 Å². The SMILES string of the molecule is COc1cc(C)c(NC(=O)c2cc(S(=O)(=O)N3CCc4ccccc43)ccc2OC)cc1OC. The van der Waals surface area contributed by atoms with Crippen LogP contribution in [0.15, 0.2) is 59.5 Å². The minimum atomic E-state index is -3.87. The molecular weight excluding hydrogens is 456 g/mol. The molecule has 34 heavy (non-hydrogen) atoms. The van der Waals surface area contributed by atoms with Gasteiger partial charge in [0.2, 0.25) is 0 Å². The zero-order valence-electron chi connectivity index (χ0n) is 19.4. The first-order valence-corrected chi connectivity index (χ1v) is 12.1. The van der Waals surface area contributed by atoms with Crippen molar-refractivity contribution in [3.8, 4) is 17.2 Å². The van der Waals surface area contributed by atoms with Crippen LogP contribution in [0.2, 0.25) is 0 Å². The number of hydrogen-bond acceptors (Lipinski definition) is 6. The number of anilines is 2. The highest BCUT2D eigenvalue weighted by atomic mass is 32.2. The number of methoxy groups -OCH3 is 3. The summed E-state index contributed by atoms with van der Waals surface area (Å²) in [6.07, 6.45) is 0.636. The number of hydrogen-bond donors (Lipinski definition) is 1. The van der Waals surface area contributed by atoms with Crippen molar-refractivity contribution in [2.24, 2.45) is 0 Å². The molecule has 0 fully saturated rings. The monoisotopic (exact) mass is 482 g/mol. The number of benzene rings is 3. The quantitative estimate of drug-likeness (QED) is 0.547. The molecule has 1 aliphatic heterocycles. The molecule has 0 radical (unpaired) electrons. The van der Waals surface area contributed by atoms with E-state index in [1.165, 1.54) is 43.8 Å². The lowest BCUT2D eigenvalue weighted by Gasteiger charge is -2.20. The number of sulfonamides is 1. The summed E-state index contributed by atoms with van der Waals surface area (Å²) >= 11 is 0. The van der Waals surface area contributed by atoms with Crippen molar-refractivity contribution in [2.45, 2.75) is 18.2 Å². The first kappa shape index (κ1) is 23.4. The van der Waals surface area contributed by atoms with Gasteiger partial charge in [-0.25, -0.2) is 8.42 Å². The molecule has 3 aromatic rings. The first-order chi connectivity index (χ1) is 16.3. The van der Waals surface area contributed by atoms with Gasteiger partial charge in [0.1, 0.15) is 5.75 Å². The third-order valence-electron chi connectivity index (χ3n) is 5.83. The maximum atomic E-state index is 13.5. The van der Waals surface area contributed by atoms with Crippen molar-refractivity contribution < 1.29 is 27.4 Å². The number of rotatable bonds is 7. The summed E-state index contributed by atoms with van der Waals surface area (Å²) in [5, 5.41) is 2.83. The van der Waals surface area contributed by atoms with E-state index in [1.54, 1.807) is 18.2 Å². The van der Waals surface area contributed by atoms with Gasteiger partial charge >= 0.3 is 0 Å². The molecule has 0 saturated heterocycles. The lowest BCUT2D eigenvalue weighted by atomic mass is 10.1. The van der Waals surface area contributed by atoms with Gasteiger partial charge in [-0.15, -0.1) is 0 Å². The van der Waals surface area contributed by atoms with Crippen molar-refractivity contribution in [3.05, 3.63) is 71.3 Å². The second kappa shape index (κ2) is 9.26. The predicted molar refractivity (Wildman–Crippen MR) is 130 cm³/mol. The van der Waals surface area contributed by atoms with E-state index in [2.05, 4.69) is 5.32 Å². The molecule has 0 unspecified atom stereocenters. The van der Waals surface area contributed by atoms with Crippen molar-refractivity contribution >= 4 is 27.3 Å².